The zero-order valence-corrected chi connectivity index (χ0v) is 13.9. The Bertz CT molecular complexity index is 1020. The van der Waals surface area contributed by atoms with Gasteiger partial charge in [-0.3, -0.25) is 14.4 Å². The minimum Gasteiger partial charge on any atom is -0.331 e. The van der Waals surface area contributed by atoms with E-state index in [1.54, 1.807) is 10.7 Å². The minimum atomic E-state index is -0.345. The summed E-state index contributed by atoms with van der Waals surface area (Å²) in [5.74, 6) is 1.15. The number of fused-ring (bicyclic) bond motifs is 1. The highest BCUT2D eigenvalue weighted by molar-refractivity contribution is 5.88. The van der Waals surface area contributed by atoms with E-state index in [0.29, 0.717) is 18.2 Å². The fourth-order valence-corrected chi connectivity index (χ4v) is 2.62. The molecule has 4 aromatic rings. The molecule has 2 N–H and O–H groups in total. The van der Waals surface area contributed by atoms with Gasteiger partial charge in [0.25, 0.3) is 0 Å². The smallest absolute Gasteiger partial charge is 0.320 e. The lowest BCUT2D eigenvalue weighted by Crippen LogP contribution is -2.29. The molecule has 0 saturated carbocycles. The minimum absolute atomic E-state index is 0.266. The molecule has 0 saturated heterocycles. The molecule has 8 nitrogen and oxygen atoms in total. The highest BCUT2D eigenvalue weighted by atomic mass is 16.2. The number of urea groups is 1. The van der Waals surface area contributed by atoms with Crippen LogP contribution in [0.1, 0.15) is 11.4 Å². The predicted molar refractivity (Wildman–Crippen MR) is 96.6 cm³/mol. The summed E-state index contributed by atoms with van der Waals surface area (Å²) in [5.41, 5.74) is 1.88. The fourth-order valence-electron chi connectivity index (χ4n) is 2.62. The first-order chi connectivity index (χ1) is 12.8. The maximum absolute atomic E-state index is 12.1. The normalized spacial score (nSPS) is 10.8. The van der Waals surface area contributed by atoms with Gasteiger partial charge in [-0.15, -0.1) is 10.2 Å². The van der Waals surface area contributed by atoms with Crippen molar-refractivity contribution >= 4 is 17.5 Å². The number of nitrogens with one attached hydrogen (secondary N) is 2. The first-order valence-corrected chi connectivity index (χ1v) is 8.19. The Balaban J connectivity index is 1.33. The number of anilines is 1. The van der Waals surface area contributed by atoms with Crippen molar-refractivity contribution in [3.63, 3.8) is 0 Å². The number of hydrogen-bond acceptors (Lipinski definition) is 4. The lowest BCUT2D eigenvalue weighted by Gasteiger charge is -2.05. The molecule has 0 aliphatic rings. The Kier molecular flexibility index (Phi) is 4.29. The Labute approximate surface area is 149 Å². The standard InChI is InChI=1S/C18H17N7O/c26-18(19-12-17-22-21-16-8-4-5-10-25(16)17)20-15-9-11-24(23-15)13-14-6-2-1-3-7-14/h1-11H,12-13H2,(H2,19,20,23,26). The van der Waals surface area contributed by atoms with Crippen LogP contribution in [0.15, 0.2) is 67.0 Å². The van der Waals surface area contributed by atoms with Crippen LogP contribution in [0.4, 0.5) is 10.6 Å². The lowest BCUT2D eigenvalue weighted by molar-refractivity contribution is 0.251. The SMILES string of the molecule is O=C(NCc1nnc2ccccn12)Nc1ccn(Cc2ccccc2)n1. The second-order valence-electron chi connectivity index (χ2n) is 5.74. The van der Waals surface area contributed by atoms with Crippen molar-refractivity contribution in [1.29, 1.82) is 0 Å². The molecule has 0 bridgehead atoms. The second kappa shape index (κ2) is 7.06. The van der Waals surface area contributed by atoms with Crippen molar-refractivity contribution in [2.24, 2.45) is 0 Å². The molecule has 0 spiro atoms. The number of amides is 2. The number of carbonyl (C=O) groups excluding carboxylic acids is 1. The molecule has 2 amide bonds. The third-order valence-corrected chi connectivity index (χ3v) is 3.86. The summed E-state index contributed by atoms with van der Waals surface area (Å²) >= 11 is 0. The number of hydrogen-bond donors (Lipinski definition) is 2. The second-order valence-corrected chi connectivity index (χ2v) is 5.74. The summed E-state index contributed by atoms with van der Waals surface area (Å²) < 4.78 is 3.60. The van der Waals surface area contributed by atoms with Gasteiger partial charge in [-0.05, 0) is 17.7 Å². The van der Waals surface area contributed by atoms with E-state index in [9.17, 15) is 4.79 Å². The third kappa shape index (κ3) is 3.54. The molecule has 3 aromatic heterocycles. The van der Waals surface area contributed by atoms with Crippen LogP contribution in [0.5, 0.6) is 0 Å². The number of pyridine rings is 1. The highest BCUT2D eigenvalue weighted by Gasteiger charge is 2.08. The average Bonchev–Trinajstić information content (AvgIpc) is 3.28. The quantitative estimate of drug-likeness (QED) is 0.580. The molecular formula is C18H17N7O. The van der Waals surface area contributed by atoms with E-state index in [-0.39, 0.29) is 12.6 Å². The third-order valence-electron chi connectivity index (χ3n) is 3.86. The Morgan fingerprint density at radius 3 is 2.69 bits per heavy atom. The van der Waals surface area contributed by atoms with Crippen LogP contribution in [0, 0.1) is 0 Å². The molecule has 3 heterocycles. The summed E-state index contributed by atoms with van der Waals surface area (Å²) in [6, 6.07) is 17.1. The first-order valence-electron chi connectivity index (χ1n) is 8.19. The number of nitrogens with zero attached hydrogens (tertiary/aromatic N) is 5. The molecule has 8 heteroatoms. The van der Waals surface area contributed by atoms with Crippen molar-refractivity contribution in [2.75, 3.05) is 5.32 Å². The van der Waals surface area contributed by atoms with Crippen LogP contribution in [-0.4, -0.2) is 30.4 Å². The van der Waals surface area contributed by atoms with E-state index in [4.69, 9.17) is 0 Å². The molecule has 0 fully saturated rings. The van der Waals surface area contributed by atoms with Crippen molar-refractivity contribution in [1.82, 2.24) is 29.7 Å². The van der Waals surface area contributed by atoms with Gasteiger partial charge in [0.15, 0.2) is 17.3 Å². The first kappa shape index (κ1) is 15.8. The molecule has 26 heavy (non-hydrogen) atoms. The number of benzene rings is 1. The maximum atomic E-state index is 12.1. The maximum Gasteiger partial charge on any atom is 0.320 e. The fraction of sp³-hybridized carbons (Fsp3) is 0.111. The van der Waals surface area contributed by atoms with Crippen LogP contribution in [-0.2, 0) is 13.1 Å². The molecule has 1 aromatic carbocycles. The zero-order chi connectivity index (χ0) is 17.8. The molecule has 0 radical (unpaired) electrons. The highest BCUT2D eigenvalue weighted by Crippen LogP contribution is 2.07. The van der Waals surface area contributed by atoms with Gasteiger partial charge >= 0.3 is 6.03 Å². The molecular weight excluding hydrogens is 330 g/mol. The molecule has 0 atom stereocenters. The van der Waals surface area contributed by atoms with Crippen molar-refractivity contribution < 1.29 is 4.79 Å². The van der Waals surface area contributed by atoms with Gasteiger partial charge in [-0.25, -0.2) is 4.79 Å². The Hall–Kier alpha value is -3.68. The van der Waals surface area contributed by atoms with E-state index < -0.39 is 0 Å². The molecule has 0 aliphatic carbocycles. The van der Waals surface area contributed by atoms with Crippen LogP contribution in [0.3, 0.4) is 0 Å². The summed E-state index contributed by atoms with van der Waals surface area (Å²) in [4.78, 5) is 12.1. The van der Waals surface area contributed by atoms with Gasteiger partial charge in [0.2, 0.25) is 0 Å². The van der Waals surface area contributed by atoms with E-state index in [2.05, 4.69) is 25.9 Å². The zero-order valence-electron chi connectivity index (χ0n) is 13.9. The largest absolute Gasteiger partial charge is 0.331 e. The number of rotatable bonds is 5. The van der Waals surface area contributed by atoms with E-state index in [1.807, 2.05) is 65.3 Å². The summed E-state index contributed by atoms with van der Waals surface area (Å²) in [6.45, 7) is 0.914. The van der Waals surface area contributed by atoms with Gasteiger partial charge < -0.3 is 5.32 Å². The molecule has 130 valence electrons. The van der Waals surface area contributed by atoms with Crippen molar-refractivity contribution in [2.45, 2.75) is 13.1 Å². The molecule has 0 aliphatic heterocycles. The van der Waals surface area contributed by atoms with Gasteiger partial charge in [0.1, 0.15) is 0 Å². The number of aromatic nitrogens is 5. The van der Waals surface area contributed by atoms with Gasteiger partial charge in [0.05, 0.1) is 13.1 Å². The van der Waals surface area contributed by atoms with Crippen LogP contribution >= 0.6 is 0 Å². The summed E-state index contributed by atoms with van der Waals surface area (Å²) in [5, 5.41) is 18.0. The average molecular weight is 347 g/mol. The monoisotopic (exact) mass is 347 g/mol. The Morgan fingerprint density at radius 2 is 1.81 bits per heavy atom. The topological polar surface area (TPSA) is 89.1 Å². The van der Waals surface area contributed by atoms with Crippen LogP contribution in [0.2, 0.25) is 0 Å². The molecule has 0 unspecified atom stereocenters. The van der Waals surface area contributed by atoms with Crippen LogP contribution in [0.25, 0.3) is 5.65 Å². The lowest BCUT2D eigenvalue weighted by atomic mass is 10.2. The van der Waals surface area contributed by atoms with E-state index in [1.165, 1.54) is 0 Å². The van der Waals surface area contributed by atoms with Crippen molar-refractivity contribution in [3.8, 4) is 0 Å². The molecule has 4 rings (SSSR count). The summed E-state index contributed by atoms with van der Waals surface area (Å²) in [7, 11) is 0. The summed E-state index contributed by atoms with van der Waals surface area (Å²) in [6.07, 6.45) is 3.68. The van der Waals surface area contributed by atoms with E-state index in [0.717, 1.165) is 11.2 Å². The van der Waals surface area contributed by atoms with Gasteiger partial charge in [-0.1, -0.05) is 36.4 Å². The van der Waals surface area contributed by atoms with Gasteiger partial charge in [-0.2, -0.15) is 5.10 Å². The van der Waals surface area contributed by atoms with Crippen molar-refractivity contribution in [3.05, 3.63) is 78.4 Å². The van der Waals surface area contributed by atoms with Gasteiger partial charge in [0, 0.05) is 18.5 Å². The predicted octanol–water partition coefficient (Wildman–Crippen LogP) is 2.30. The van der Waals surface area contributed by atoms with Crippen LogP contribution < -0.4 is 10.6 Å². The Morgan fingerprint density at radius 1 is 0.962 bits per heavy atom. The number of carbonyl (C=O) groups is 1. The van der Waals surface area contributed by atoms with E-state index >= 15 is 0 Å².